The molecule has 0 bridgehead atoms. The standard InChI is InChI=1S/C13H19N3O5S/c1-15-8-9(7-11(15)12(14)17)22(19,20)16-6-4-3-5-10(16)13(18)21-2/h7-8,10H,3-6H2,1-2H3,(H2,14,17). The maximum atomic E-state index is 12.8. The molecule has 0 radical (unpaired) electrons. The highest BCUT2D eigenvalue weighted by atomic mass is 32.2. The van der Waals surface area contributed by atoms with Gasteiger partial charge in [0, 0.05) is 19.8 Å². The van der Waals surface area contributed by atoms with Crippen molar-refractivity contribution in [3.05, 3.63) is 18.0 Å². The molecule has 1 saturated heterocycles. The SMILES string of the molecule is COC(=O)C1CCCCN1S(=O)(=O)c1cc(C(N)=O)n(C)c1. The molecular formula is C13H19N3O5S. The van der Waals surface area contributed by atoms with E-state index in [1.165, 1.54) is 31.0 Å². The molecular weight excluding hydrogens is 310 g/mol. The maximum absolute atomic E-state index is 12.8. The number of aromatic nitrogens is 1. The summed E-state index contributed by atoms with van der Waals surface area (Å²) in [4.78, 5) is 23.0. The zero-order valence-corrected chi connectivity index (χ0v) is 13.3. The van der Waals surface area contributed by atoms with Crippen LogP contribution in [0.3, 0.4) is 0 Å². The maximum Gasteiger partial charge on any atom is 0.324 e. The third-order valence-corrected chi connectivity index (χ3v) is 5.64. The van der Waals surface area contributed by atoms with Crippen LogP contribution in [0.15, 0.2) is 17.2 Å². The minimum atomic E-state index is -3.90. The predicted octanol–water partition coefficient (Wildman–Crippen LogP) is -0.160. The van der Waals surface area contributed by atoms with Crippen molar-refractivity contribution in [2.24, 2.45) is 12.8 Å². The molecule has 1 aliphatic heterocycles. The Kier molecular flexibility index (Phi) is 4.57. The number of methoxy groups -OCH3 is 1. The van der Waals surface area contributed by atoms with E-state index in [2.05, 4.69) is 0 Å². The number of amides is 1. The van der Waals surface area contributed by atoms with Crippen molar-refractivity contribution in [2.75, 3.05) is 13.7 Å². The van der Waals surface area contributed by atoms with Gasteiger partial charge < -0.3 is 15.0 Å². The van der Waals surface area contributed by atoms with Gasteiger partial charge in [0.25, 0.3) is 5.91 Å². The molecule has 1 amide bonds. The molecule has 2 rings (SSSR count). The number of rotatable bonds is 4. The molecule has 1 aromatic heterocycles. The number of nitrogens with two attached hydrogens (primary N) is 1. The van der Waals surface area contributed by atoms with Gasteiger partial charge >= 0.3 is 5.97 Å². The molecule has 1 atom stereocenters. The smallest absolute Gasteiger partial charge is 0.324 e. The highest BCUT2D eigenvalue weighted by Crippen LogP contribution is 2.27. The van der Waals surface area contributed by atoms with Gasteiger partial charge in [-0.15, -0.1) is 0 Å². The van der Waals surface area contributed by atoms with Gasteiger partial charge in [-0.2, -0.15) is 4.31 Å². The summed E-state index contributed by atoms with van der Waals surface area (Å²) >= 11 is 0. The number of sulfonamides is 1. The molecule has 1 fully saturated rings. The third-order valence-electron chi connectivity index (χ3n) is 3.77. The molecule has 1 unspecified atom stereocenters. The number of aryl methyl sites for hydroxylation is 1. The van der Waals surface area contributed by atoms with Gasteiger partial charge in [-0.1, -0.05) is 0 Å². The van der Waals surface area contributed by atoms with Gasteiger partial charge in [-0.25, -0.2) is 8.42 Å². The van der Waals surface area contributed by atoms with Gasteiger partial charge in [0.15, 0.2) is 0 Å². The van der Waals surface area contributed by atoms with Crippen LogP contribution in [0.2, 0.25) is 0 Å². The summed E-state index contributed by atoms with van der Waals surface area (Å²) in [7, 11) is -1.13. The van der Waals surface area contributed by atoms with Crippen molar-refractivity contribution >= 4 is 21.9 Å². The number of hydrogen-bond donors (Lipinski definition) is 1. The molecule has 2 heterocycles. The first-order chi connectivity index (χ1) is 10.3. The summed E-state index contributed by atoms with van der Waals surface area (Å²) in [5.41, 5.74) is 5.29. The minimum absolute atomic E-state index is 0.0559. The number of piperidine rings is 1. The van der Waals surface area contributed by atoms with Crippen molar-refractivity contribution in [1.29, 1.82) is 0 Å². The molecule has 1 aromatic rings. The fourth-order valence-electron chi connectivity index (χ4n) is 2.62. The summed E-state index contributed by atoms with van der Waals surface area (Å²) in [6, 6.07) is 0.390. The van der Waals surface area contributed by atoms with E-state index < -0.39 is 27.9 Å². The number of primary amides is 1. The van der Waals surface area contributed by atoms with Crippen molar-refractivity contribution < 1.29 is 22.7 Å². The lowest BCUT2D eigenvalue weighted by atomic mass is 10.1. The average molecular weight is 329 g/mol. The second-order valence-corrected chi connectivity index (χ2v) is 7.08. The molecule has 0 spiro atoms. The van der Waals surface area contributed by atoms with Crippen LogP contribution in [0.25, 0.3) is 0 Å². The van der Waals surface area contributed by atoms with Gasteiger partial charge in [0.1, 0.15) is 16.6 Å². The topological polar surface area (TPSA) is 112 Å². The number of carbonyl (C=O) groups is 2. The van der Waals surface area contributed by atoms with Gasteiger partial charge in [-0.3, -0.25) is 9.59 Å². The van der Waals surface area contributed by atoms with E-state index in [9.17, 15) is 18.0 Å². The molecule has 22 heavy (non-hydrogen) atoms. The van der Waals surface area contributed by atoms with E-state index in [1.807, 2.05) is 0 Å². The Balaban J connectivity index is 2.41. The largest absolute Gasteiger partial charge is 0.468 e. The van der Waals surface area contributed by atoms with Crippen molar-refractivity contribution in [2.45, 2.75) is 30.2 Å². The van der Waals surface area contributed by atoms with Crippen LogP contribution in [0.5, 0.6) is 0 Å². The van der Waals surface area contributed by atoms with E-state index in [-0.39, 0.29) is 17.1 Å². The molecule has 0 saturated carbocycles. The lowest BCUT2D eigenvalue weighted by Crippen LogP contribution is -2.48. The lowest BCUT2D eigenvalue weighted by Gasteiger charge is -2.32. The number of ether oxygens (including phenoxy) is 1. The fourth-order valence-corrected chi connectivity index (χ4v) is 4.34. The van der Waals surface area contributed by atoms with Gasteiger partial charge in [0.2, 0.25) is 10.0 Å². The Bertz CT molecular complexity index is 695. The Morgan fingerprint density at radius 2 is 2.05 bits per heavy atom. The van der Waals surface area contributed by atoms with E-state index in [4.69, 9.17) is 10.5 Å². The van der Waals surface area contributed by atoms with E-state index in [0.717, 1.165) is 10.7 Å². The van der Waals surface area contributed by atoms with E-state index in [1.54, 1.807) is 0 Å². The number of hydrogen-bond acceptors (Lipinski definition) is 5. The third kappa shape index (κ3) is 2.86. The summed E-state index contributed by atoms with van der Waals surface area (Å²) < 4.78 is 32.7. The molecule has 1 aliphatic rings. The second kappa shape index (κ2) is 6.09. The van der Waals surface area contributed by atoms with E-state index in [0.29, 0.717) is 12.8 Å². The Morgan fingerprint density at radius 1 is 1.36 bits per heavy atom. The zero-order valence-electron chi connectivity index (χ0n) is 12.5. The fraction of sp³-hybridized carbons (Fsp3) is 0.538. The zero-order chi connectivity index (χ0) is 16.5. The predicted molar refractivity (Wildman–Crippen MR) is 77.5 cm³/mol. The van der Waals surface area contributed by atoms with Crippen LogP contribution in [0.1, 0.15) is 29.8 Å². The monoisotopic (exact) mass is 329 g/mol. The Labute approximate surface area is 128 Å². The van der Waals surface area contributed by atoms with Crippen molar-refractivity contribution in [1.82, 2.24) is 8.87 Å². The first-order valence-electron chi connectivity index (χ1n) is 6.85. The van der Waals surface area contributed by atoms with Crippen LogP contribution in [0, 0.1) is 0 Å². The van der Waals surface area contributed by atoms with Crippen LogP contribution in [0.4, 0.5) is 0 Å². The first-order valence-corrected chi connectivity index (χ1v) is 8.29. The molecule has 2 N–H and O–H groups in total. The Morgan fingerprint density at radius 3 is 2.59 bits per heavy atom. The molecule has 0 aliphatic carbocycles. The quantitative estimate of drug-likeness (QED) is 0.772. The van der Waals surface area contributed by atoms with Gasteiger partial charge in [-0.05, 0) is 25.3 Å². The summed E-state index contributed by atoms with van der Waals surface area (Å²) in [6.07, 6.45) is 3.16. The highest BCUT2D eigenvalue weighted by molar-refractivity contribution is 7.89. The molecule has 0 aromatic carbocycles. The summed E-state index contributed by atoms with van der Waals surface area (Å²) in [5.74, 6) is -1.29. The summed E-state index contributed by atoms with van der Waals surface area (Å²) in [5, 5.41) is 0. The molecule has 8 nitrogen and oxygen atoms in total. The van der Waals surface area contributed by atoms with Crippen LogP contribution in [-0.4, -0.2) is 48.9 Å². The summed E-state index contributed by atoms with van der Waals surface area (Å²) in [6.45, 7) is 0.239. The average Bonchev–Trinajstić information content (AvgIpc) is 2.89. The minimum Gasteiger partial charge on any atom is -0.468 e. The van der Waals surface area contributed by atoms with E-state index >= 15 is 0 Å². The second-order valence-electron chi connectivity index (χ2n) is 5.19. The normalized spacial score (nSPS) is 19.8. The number of nitrogens with zero attached hydrogens (tertiary/aromatic N) is 2. The van der Waals surface area contributed by atoms with Crippen LogP contribution >= 0.6 is 0 Å². The lowest BCUT2D eigenvalue weighted by molar-refractivity contribution is -0.146. The van der Waals surface area contributed by atoms with Crippen LogP contribution < -0.4 is 5.73 Å². The van der Waals surface area contributed by atoms with Crippen molar-refractivity contribution in [3.8, 4) is 0 Å². The van der Waals surface area contributed by atoms with Crippen LogP contribution in [-0.2, 0) is 26.6 Å². The Hall–Kier alpha value is -1.87. The van der Waals surface area contributed by atoms with Crippen molar-refractivity contribution in [3.63, 3.8) is 0 Å². The molecule has 9 heteroatoms. The van der Waals surface area contributed by atoms with Gasteiger partial charge in [0.05, 0.1) is 7.11 Å². The highest BCUT2D eigenvalue weighted by Gasteiger charge is 2.39. The number of esters is 1. The number of carbonyl (C=O) groups excluding carboxylic acids is 2. The first kappa shape index (κ1) is 16.5. The molecule has 122 valence electrons.